The van der Waals surface area contributed by atoms with Crippen molar-refractivity contribution in [1.29, 1.82) is 0 Å². The van der Waals surface area contributed by atoms with E-state index in [9.17, 15) is 0 Å². The summed E-state index contributed by atoms with van der Waals surface area (Å²) in [5.41, 5.74) is 0. The van der Waals surface area contributed by atoms with Gasteiger partial charge in [0.2, 0.25) is 0 Å². The molecule has 0 atom stereocenters. The van der Waals surface area contributed by atoms with Gasteiger partial charge in [0.1, 0.15) is 0 Å². The van der Waals surface area contributed by atoms with E-state index in [-0.39, 0.29) is 0 Å². The Kier molecular flexibility index (Phi) is 7.03. The molecule has 0 amide bonds. The topological polar surface area (TPSA) is 15.3 Å². The van der Waals surface area contributed by atoms with Crippen molar-refractivity contribution in [3.63, 3.8) is 0 Å². The van der Waals surface area contributed by atoms with Gasteiger partial charge in [0.25, 0.3) is 0 Å². The highest BCUT2D eigenvalue weighted by molar-refractivity contribution is 4.73. The fourth-order valence-electron chi connectivity index (χ4n) is 2.28. The summed E-state index contributed by atoms with van der Waals surface area (Å²) >= 11 is 0. The Bertz CT molecular complexity index is 139. The van der Waals surface area contributed by atoms with Crippen LogP contribution in [0.5, 0.6) is 0 Å². The molecule has 0 unspecified atom stereocenters. The minimum absolute atomic E-state index is 0.939. The molecule has 1 aliphatic heterocycles. The second kappa shape index (κ2) is 8.12. The van der Waals surface area contributed by atoms with Crippen molar-refractivity contribution in [1.82, 2.24) is 10.2 Å². The molecule has 1 aliphatic rings. The van der Waals surface area contributed by atoms with E-state index in [0.29, 0.717) is 0 Å². The summed E-state index contributed by atoms with van der Waals surface area (Å²) in [5.74, 6) is 0.939. The SMILES string of the molecule is CCCCN1CCC(CNCCC)CC1. The summed E-state index contributed by atoms with van der Waals surface area (Å²) in [4.78, 5) is 2.64. The van der Waals surface area contributed by atoms with Crippen LogP contribution >= 0.6 is 0 Å². The highest BCUT2D eigenvalue weighted by Gasteiger charge is 2.17. The average Bonchev–Trinajstić information content (AvgIpc) is 2.28. The molecule has 90 valence electrons. The number of hydrogen-bond donors (Lipinski definition) is 1. The van der Waals surface area contributed by atoms with Gasteiger partial charge in [-0.3, -0.25) is 0 Å². The number of unbranched alkanes of at least 4 members (excludes halogenated alkanes) is 1. The lowest BCUT2D eigenvalue weighted by Gasteiger charge is -2.32. The van der Waals surface area contributed by atoms with Crippen molar-refractivity contribution in [2.75, 3.05) is 32.7 Å². The molecule has 1 rings (SSSR count). The summed E-state index contributed by atoms with van der Waals surface area (Å²) in [5, 5.41) is 3.54. The molecule has 2 heteroatoms. The van der Waals surface area contributed by atoms with Crippen molar-refractivity contribution >= 4 is 0 Å². The molecule has 0 aromatic heterocycles. The molecule has 1 saturated heterocycles. The second-order valence-corrected chi connectivity index (χ2v) is 4.84. The Labute approximate surface area is 95.4 Å². The fraction of sp³-hybridized carbons (Fsp3) is 1.00. The van der Waals surface area contributed by atoms with E-state index in [2.05, 4.69) is 24.1 Å². The van der Waals surface area contributed by atoms with Gasteiger partial charge >= 0.3 is 0 Å². The predicted molar refractivity (Wildman–Crippen MR) is 67.2 cm³/mol. The lowest BCUT2D eigenvalue weighted by Crippen LogP contribution is -2.37. The van der Waals surface area contributed by atoms with Crippen molar-refractivity contribution < 1.29 is 0 Å². The Balaban J connectivity index is 2.02. The van der Waals surface area contributed by atoms with Gasteiger partial charge < -0.3 is 10.2 Å². The zero-order chi connectivity index (χ0) is 10.9. The Morgan fingerprint density at radius 2 is 1.87 bits per heavy atom. The molecule has 0 aromatic carbocycles. The quantitative estimate of drug-likeness (QED) is 0.652. The first-order valence-electron chi connectivity index (χ1n) is 6.79. The lowest BCUT2D eigenvalue weighted by molar-refractivity contribution is 0.180. The van der Waals surface area contributed by atoms with Gasteiger partial charge in [-0.25, -0.2) is 0 Å². The smallest absolute Gasteiger partial charge is 0.00156 e. The van der Waals surface area contributed by atoms with Crippen molar-refractivity contribution in [3.8, 4) is 0 Å². The van der Waals surface area contributed by atoms with E-state index >= 15 is 0 Å². The minimum atomic E-state index is 0.939. The molecule has 1 N–H and O–H groups in total. The van der Waals surface area contributed by atoms with Gasteiger partial charge in [0.15, 0.2) is 0 Å². The van der Waals surface area contributed by atoms with Crippen molar-refractivity contribution in [3.05, 3.63) is 0 Å². The summed E-state index contributed by atoms with van der Waals surface area (Å²) in [6.07, 6.45) is 6.77. The van der Waals surface area contributed by atoms with Gasteiger partial charge in [-0.2, -0.15) is 0 Å². The van der Waals surface area contributed by atoms with Crippen LogP contribution in [0.15, 0.2) is 0 Å². The van der Waals surface area contributed by atoms with Crippen LogP contribution in [-0.4, -0.2) is 37.6 Å². The van der Waals surface area contributed by atoms with Crippen molar-refractivity contribution in [2.24, 2.45) is 5.92 Å². The Morgan fingerprint density at radius 3 is 2.47 bits per heavy atom. The second-order valence-electron chi connectivity index (χ2n) is 4.84. The van der Waals surface area contributed by atoms with E-state index in [0.717, 1.165) is 5.92 Å². The summed E-state index contributed by atoms with van der Waals surface area (Å²) in [6.45, 7) is 10.9. The van der Waals surface area contributed by atoms with E-state index in [4.69, 9.17) is 0 Å². The van der Waals surface area contributed by atoms with Gasteiger partial charge in [-0.15, -0.1) is 0 Å². The zero-order valence-electron chi connectivity index (χ0n) is 10.6. The molecule has 0 spiro atoms. The molecule has 0 aliphatic carbocycles. The number of nitrogens with zero attached hydrogens (tertiary/aromatic N) is 1. The maximum atomic E-state index is 3.54. The molecule has 0 saturated carbocycles. The van der Waals surface area contributed by atoms with Gasteiger partial charge in [-0.1, -0.05) is 20.3 Å². The number of hydrogen-bond acceptors (Lipinski definition) is 2. The van der Waals surface area contributed by atoms with E-state index < -0.39 is 0 Å². The first-order valence-corrected chi connectivity index (χ1v) is 6.79. The summed E-state index contributed by atoms with van der Waals surface area (Å²) in [7, 11) is 0. The molecule has 1 fully saturated rings. The number of rotatable bonds is 7. The van der Waals surface area contributed by atoms with Gasteiger partial charge in [0.05, 0.1) is 0 Å². The third-order valence-electron chi connectivity index (χ3n) is 3.39. The van der Waals surface area contributed by atoms with Crippen LogP contribution in [0.25, 0.3) is 0 Å². The molecular weight excluding hydrogens is 184 g/mol. The van der Waals surface area contributed by atoms with Crippen LogP contribution in [0.4, 0.5) is 0 Å². The van der Waals surface area contributed by atoms with Crippen LogP contribution in [0.2, 0.25) is 0 Å². The third kappa shape index (κ3) is 5.53. The fourth-order valence-corrected chi connectivity index (χ4v) is 2.28. The Morgan fingerprint density at radius 1 is 1.13 bits per heavy atom. The molecular formula is C13H28N2. The highest BCUT2D eigenvalue weighted by Crippen LogP contribution is 2.16. The first-order chi connectivity index (χ1) is 7.36. The molecule has 0 aromatic rings. The van der Waals surface area contributed by atoms with E-state index in [1.807, 2.05) is 0 Å². The molecule has 0 radical (unpaired) electrons. The molecule has 15 heavy (non-hydrogen) atoms. The number of piperidine rings is 1. The van der Waals surface area contributed by atoms with Crippen LogP contribution in [-0.2, 0) is 0 Å². The first kappa shape index (κ1) is 13.0. The van der Waals surface area contributed by atoms with E-state index in [1.54, 1.807) is 0 Å². The van der Waals surface area contributed by atoms with E-state index in [1.165, 1.54) is 64.8 Å². The number of likely N-dealkylation sites (tertiary alicyclic amines) is 1. The van der Waals surface area contributed by atoms with Crippen LogP contribution in [0.1, 0.15) is 46.0 Å². The van der Waals surface area contributed by atoms with Crippen LogP contribution in [0.3, 0.4) is 0 Å². The highest BCUT2D eigenvalue weighted by atomic mass is 15.1. The molecule has 1 heterocycles. The normalized spacial score (nSPS) is 19.6. The average molecular weight is 212 g/mol. The maximum absolute atomic E-state index is 3.54. The largest absolute Gasteiger partial charge is 0.316 e. The summed E-state index contributed by atoms with van der Waals surface area (Å²) < 4.78 is 0. The minimum Gasteiger partial charge on any atom is -0.316 e. The number of nitrogens with one attached hydrogen (secondary N) is 1. The van der Waals surface area contributed by atoms with Crippen LogP contribution < -0.4 is 5.32 Å². The standard InChI is InChI=1S/C13H28N2/c1-3-5-9-15-10-6-13(7-11-15)12-14-8-4-2/h13-14H,3-12H2,1-2H3. The van der Waals surface area contributed by atoms with Gasteiger partial charge in [-0.05, 0) is 64.3 Å². The maximum Gasteiger partial charge on any atom is -0.00156 e. The lowest BCUT2D eigenvalue weighted by atomic mass is 9.96. The predicted octanol–water partition coefficient (Wildman–Crippen LogP) is 2.50. The van der Waals surface area contributed by atoms with Gasteiger partial charge in [0, 0.05) is 0 Å². The Hall–Kier alpha value is -0.0800. The monoisotopic (exact) mass is 212 g/mol. The molecule has 2 nitrogen and oxygen atoms in total. The zero-order valence-corrected chi connectivity index (χ0v) is 10.6. The van der Waals surface area contributed by atoms with Crippen LogP contribution in [0, 0.1) is 5.92 Å². The van der Waals surface area contributed by atoms with Crippen molar-refractivity contribution in [2.45, 2.75) is 46.0 Å². The third-order valence-corrected chi connectivity index (χ3v) is 3.39. The summed E-state index contributed by atoms with van der Waals surface area (Å²) in [6, 6.07) is 0. The molecule has 0 bridgehead atoms.